The molecule has 0 saturated carbocycles. The summed E-state index contributed by atoms with van der Waals surface area (Å²) in [6, 6.07) is 7.61. The van der Waals surface area contributed by atoms with Gasteiger partial charge in [0, 0.05) is 20.1 Å². The highest BCUT2D eigenvalue weighted by Crippen LogP contribution is 2.15. The van der Waals surface area contributed by atoms with Gasteiger partial charge < -0.3 is 5.32 Å². The molecule has 0 saturated heterocycles. The third-order valence-corrected chi connectivity index (χ3v) is 5.06. The fourth-order valence-electron chi connectivity index (χ4n) is 1.99. The van der Waals surface area contributed by atoms with Gasteiger partial charge in [-0.3, -0.25) is 0 Å². The van der Waals surface area contributed by atoms with Crippen LogP contribution in [0.3, 0.4) is 0 Å². The van der Waals surface area contributed by atoms with Gasteiger partial charge in [0.15, 0.2) is 0 Å². The number of hydrogen-bond acceptors (Lipinski definition) is 3. The van der Waals surface area contributed by atoms with E-state index in [1.54, 1.807) is 26.2 Å². The third-order valence-electron chi connectivity index (χ3n) is 3.23. The molecule has 4 nitrogen and oxygen atoms in total. The van der Waals surface area contributed by atoms with Crippen LogP contribution in [0.25, 0.3) is 0 Å². The Balaban J connectivity index is 2.82. The first kappa shape index (κ1) is 16.1. The monoisotopic (exact) mass is 284 g/mol. The maximum absolute atomic E-state index is 11.9. The molecule has 0 aliphatic heterocycles. The van der Waals surface area contributed by atoms with Crippen molar-refractivity contribution in [2.45, 2.75) is 37.1 Å². The molecule has 108 valence electrons. The van der Waals surface area contributed by atoms with E-state index in [2.05, 4.69) is 12.2 Å². The standard InChI is InChI=1S/C14H24N2O2S/c1-5-6-13(15-2)11-12-7-9-14(10-8-12)19(17,18)16(3)4/h7-10,13,15H,5-6,11H2,1-4H3. The molecule has 0 aliphatic carbocycles. The van der Waals surface area contributed by atoms with Crippen molar-refractivity contribution in [3.05, 3.63) is 29.8 Å². The molecule has 0 aliphatic rings. The molecule has 0 spiro atoms. The number of sulfonamides is 1. The normalized spacial score (nSPS) is 13.7. The van der Waals surface area contributed by atoms with Crippen LogP contribution in [0, 0.1) is 0 Å². The lowest BCUT2D eigenvalue weighted by atomic mass is 10.0. The second-order valence-electron chi connectivity index (χ2n) is 4.91. The summed E-state index contributed by atoms with van der Waals surface area (Å²) in [4.78, 5) is 0.345. The van der Waals surface area contributed by atoms with Gasteiger partial charge in [-0.25, -0.2) is 12.7 Å². The first-order valence-corrected chi connectivity index (χ1v) is 8.04. The van der Waals surface area contributed by atoms with E-state index in [1.165, 1.54) is 4.31 Å². The number of benzene rings is 1. The average Bonchev–Trinajstić information content (AvgIpc) is 2.38. The van der Waals surface area contributed by atoms with Crippen molar-refractivity contribution in [1.29, 1.82) is 0 Å². The van der Waals surface area contributed by atoms with Gasteiger partial charge in [0.05, 0.1) is 4.90 Å². The Morgan fingerprint density at radius 3 is 2.21 bits per heavy atom. The lowest BCUT2D eigenvalue weighted by Gasteiger charge is -2.16. The van der Waals surface area contributed by atoms with E-state index in [4.69, 9.17) is 0 Å². The van der Waals surface area contributed by atoms with Crippen molar-refractivity contribution in [2.75, 3.05) is 21.1 Å². The lowest BCUT2D eigenvalue weighted by Crippen LogP contribution is -2.27. The molecule has 1 unspecified atom stereocenters. The van der Waals surface area contributed by atoms with Crippen LogP contribution < -0.4 is 5.32 Å². The predicted octanol–water partition coefficient (Wildman–Crippen LogP) is 1.87. The van der Waals surface area contributed by atoms with Crippen LogP contribution in [0.1, 0.15) is 25.3 Å². The molecule has 1 aromatic rings. The molecule has 19 heavy (non-hydrogen) atoms. The lowest BCUT2D eigenvalue weighted by molar-refractivity contribution is 0.513. The Labute approximate surface area is 116 Å². The fraction of sp³-hybridized carbons (Fsp3) is 0.571. The van der Waals surface area contributed by atoms with Gasteiger partial charge in [0.1, 0.15) is 0 Å². The second kappa shape index (κ2) is 7.03. The predicted molar refractivity (Wildman–Crippen MR) is 78.8 cm³/mol. The Hall–Kier alpha value is -0.910. The van der Waals surface area contributed by atoms with Crippen LogP contribution in [0.4, 0.5) is 0 Å². The van der Waals surface area contributed by atoms with Crippen molar-refractivity contribution in [2.24, 2.45) is 0 Å². The minimum atomic E-state index is -3.32. The minimum Gasteiger partial charge on any atom is -0.317 e. The summed E-state index contributed by atoms with van der Waals surface area (Å²) in [6.07, 6.45) is 3.18. The summed E-state index contributed by atoms with van der Waals surface area (Å²) in [5.41, 5.74) is 1.16. The quantitative estimate of drug-likeness (QED) is 0.831. The maximum atomic E-state index is 11.9. The van der Waals surface area contributed by atoms with Gasteiger partial charge in [0.2, 0.25) is 10.0 Å². The highest BCUT2D eigenvalue weighted by Gasteiger charge is 2.16. The molecule has 5 heteroatoms. The van der Waals surface area contributed by atoms with E-state index in [1.807, 2.05) is 19.2 Å². The number of rotatable bonds is 7. The number of nitrogens with zero attached hydrogens (tertiary/aromatic N) is 1. The molecule has 0 amide bonds. The zero-order valence-corrected chi connectivity index (χ0v) is 13.0. The van der Waals surface area contributed by atoms with E-state index in [0.29, 0.717) is 10.9 Å². The first-order chi connectivity index (χ1) is 8.91. The second-order valence-corrected chi connectivity index (χ2v) is 7.06. The topological polar surface area (TPSA) is 49.4 Å². The van der Waals surface area contributed by atoms with E-state index >= 15 is 0 Å². The highest BCUT2D eigenvalue weighted by atomic mass is 32.2. The zero-order valence-electron chi connectivity index (χ0n) is 12.2. The van der Waals surface area contributed by atoms with Crippen LogP contribution in [0.5, 0.6) is 0 Å². The van der Waals surface area contributed by atoms with Gasteiger partial charge in [0.25, 0.3) is 0 Å². The average molecular weight is 284 g/mol. The van der Waals surface area contributed by atoms with Crippen LogP contribution in [-0.4, -0.2) is 39.9 Å². The molecule has 0 fully saturated rings. The SMILES string of the molecule is CCCC(Cc1ccc(S(=O)(=O)N(C)C)cc1)NC. The largest absolute Gasteiger partial charge is 0.317 e. The molecule has 1 aromatic carbocycles. The van der Waals surface area contributed by atoms with Gasteiger partial charge in [-0.1, -0.05) is 25.5 Å². The minimum absolute atomic E-state index is 0.345. The van der Waals surface area contributed by atoms with Gasteiger partial charge in [-0.15, -0.1) is 0 Å². The van der Waals surface area contributed by atoms with Gasteiger partial charge >= 0.3 is 0 Å². The number of likely N-dealkylation sites (N-methyl/N-ethyl adjacent to an activating group) is 1. The molecular formula is C14H24N2O2S. The van der Waals surface area contributed by atoms with E-state index in [-0.39, 0.29) is 0 Å². The number of hydrogen-bond donors (Lipinski definition) is 1. The van der Waals surface area contributed by atoms with Crippen molar-refractivity contribution in [3.63, 3.8) is 0 Å². The fourth-order valence-corrected chi connectivity index (χ4v) is 2.89. The number of nitrogens with one attached hydrogen (secondary N) is 1. The summed E-state index contributed by atoms with van der Waals surface area (Å²) in [5.74, 6) is 0. The molecule has 0 aromatic heterocycles. The van der Waals surface area contributed by atoms with E-state index in [9.17, 15) is 8.42 Å². The van der Waals surface area contributed by atoms with Crippen molar-refractivity contribution < 1.29 is 8.42 Å². The van der Waals surface area contributed by atoms with Crippen molar-refractivity contribution >= 4 is 10.0 Å². The third kappa shape index (κ3) is 4.30. The van der Waals surface area contributed by atoms with E-state index in [0.717, 1.165) is 24.8 Å². The molecule has 0 heterocycles. The van der Waals surface area contributed by atoms with Gasteiger partial charge in [-0.2, -0.15) is 0 Å². The highest BCUT2D eigenvalue weighted by molar-refractivity contribution is 7.89. The Morgan fingerprint density at radius 1 is 1.21 bits per heavy atom. The maximum Gasteiger partial charge on any atom is 0.242 e. The Bertz CT molecular complexity index is 481. The Morgan fingerprint density at radius 2 is 1.79 bits per heavy atom. The van der Waals surface area contributed by atoms with Crippen molar-refractivity contribution in [1.82, 2.24) is 9.62 Å². The molecule has 1 N–H and O–H groups in total. The van der Waals surface area contributed by atoms with Crippen LogP contribution >= 0.6 is 0 Å². The summed E-state index contributed by atoms with van der Waals surface area (Å²) in [7, 11) is 1.73. The molecule has 0 bridgehead atoms. The molecular weight excluding hydrogens is 260 g/mol. The van der Waals surface area contributed by atoms with Crippen LogP contribution in [0.15, 0.2) is 29.2 Å². The molecule has 0 radical (unpaired) electrons. The summed E-state index contributed by atoms with van der Waals surface area (Å²) in [6.45, 7) is 2.16. The first-order valence-electron chi connectivity index (χ1n) is 6.60. The zero-order chi connectivity index (χ0) is 14.5. The van der Waals surface area contributed by atoms with Crippen LogP contribution in [-0.2, 0) is 16.4 Å². The summed E-state index contributed by atoms with van der Waals surface area (Å²) < 4.78 is 25.1. The van der Waals surface area contributed by atoms with Gasteiger partial charge in [-0.05, 0) is 37.6 Å². The molecule has 1 rings (SSSR count). The molecule has 1 atom stereocenters. The summed E-state index contributed by atoms with van der Waals surface area (Å²) >= 11 is 0. The smallest absolute Gasteiger partial charge is 0.242 e. The van der Waals surface area contributed by atoms with Crippen LogP contribution in [0.2, 0.25) is 0 Å². The Kier molecular flexibility index (Phi) is 5.97. The summed E-state index contributed by atoms with van der Waals surface area (Å²) in [5, 5.41) is 3.29. The van der Waals surface area contributed by atoms with Crippen molar-refractivity contribution in [3.8, 4) is 0 Å². The van der Waals surface area contributed by atoms with E-state index < -0.39 is 10.0 Å².